The molecule has 3 N–H and O–H groups in total. The van der Waals surface area contributed by atoms with E-state index in [0.717, 1.165) is 54.5 Å². The summed E-state index contributed by atoms with van der Waals surface area (Å²) in [5.74, 6) is 0.0941. The van der Waals surface area contributed by atoms with Crippen LogP contribution in [0.4, 0.5) is 5.69 Å². The summed E-state index contributed by atoms with van der Waals surface area (Å²) in [5.41, 5.74) is 6.19. The maximum absolute atomic E-state index is 15.1. The third-order valence-electron chi connectivity index (χ3n) is 12.9. The number of ether oxygens (including phenoxy) is 1. The molecule has 0 saturated heterocycles. The summed E-state index contributed by atoms with van der Waals surface area (Å²) in [4.78, 5) is 14.9. The summed E-state index contributed by atoms with van der Waals surface area (Å²) >= 11 is 0. The first-order valence-electron chi connectivity index (χ1n) is 20.2. The number of hydrogen-bond donors (Lipinski definition) is 3. The Kier molecular flexibility index (Phi) is 9.90. The van der Waals surface area contributed by atoms with Crippen LogP contribution in [0.5, 0.6) is 5.88 Å². The molecule has 2 heterocycles. The Morgan fingerprint density at radius 2 is 1.51 bits per heavy atom. The van der Waals surface area contributed by atoms with Crippen molar-refractivity contribution in [3.63, 3.8) is 0 Å². The van der Waals surface area contributed by atoms with E-state index in [1.807, 2.05) is 105 Å². The smallest absolute Gasteiger partial charge is 0.253 e. The monoisotopic (exact) mass is 801 g/mol. The SMILES string of the molecule is CC1(C)Oc2c(S(=N)(=O)NC(c3ccccc3)(c3ccccc3)c3ccccc3)cnn2C1C(=O)Nc1c2c(cc3c1[C@H](CO[Si](C)(C)C(C)(C)C)CC3)CCC2. The minimum absolute atomic E-state index is 0.0855. The second kappa shape index (κ2) is 14.4. The number of carbonyl (C=O) groups is 1. The molecule has 298 valence electrons. The molecule has 5 aromatic rings. The van der Waals surface area contributed by atoms with Crippen LogP contribution in [0.1, 0.15) is 98.4 Å². The molecule has 0 radical (unpaired) electrons. The molecule has 8 rings (SSSR count). The van der Waals surface area contributed by atoms with Crippen LogP contribution >= 0.6 is 0 Å². The molecule has 2 aliphatic carbocycles. The van der Waals surface area contributed by atoms with E-state index in [1.54, 1.807) is 0 Å². The standard InChI is InChI=1S/C46H55N5O4SSi/c1-44(2,3)57(6,7)54-30-33-27-26-32-28-31-18-17-25-37(31)40(39(32)33)49-42(52)41-45(4,5)55-43-38(29-48-51(41)43)56(47,53)50-46(34-19-11-8-12-20-34,35-21-13-9-14-22-35)36-23-15-10-16-24-36/h8-16,19-24,28-29,33,41H,17-18,25-27,30H2,1-7H3,(H,49,52)(H2,47,50,53)/t33-,41?,56?/m0/s1. The van der Waals surface area contributed by atoms with Crippen molar-refractivity contribution >= 4 is 29.8 Å². The molecule has 0 bridgehead atoms. The van der Waals surface area contributed by atoms with Crippen LogP contribution in [-0.2, 0) is 43.9 Å². The van der Waals surface area contributed by atoms with Gasteiger partial charge in [-0.3, -0.25) is 4.79 Å². The van der Waals surface area contributed by atoms with Crippen LogP contribution in [0.15, 0.2) is 108 Å². The highest BCUT2D eigenvalue weighted by Crippen LogP contribution is 2.48. The molecule has 11 heteroatoms. The number of carbonyl (C=O) groups excluding carboxylic acids is 1. The van der Waals surface area contributed by atoms with Gasteiger partial charge in [0.2, 0.25) is 5.88 Å². The van der Waals surface area contributed by atoms with Crippen LogP contribution in [0, 0.1) is 4.78 Å². The summed E-state index contributed by atoms with van der Waals surface area (Å²) < 4.78 is 43.0. The van der Waals surface area contributed by atoms with Gasteiger partial charge in [0, 0.05) is 18.2 Å². The van der Waals surface area contributed by atoms with Crippen LogP contribution in [-0.4, -0.2) is 40.4 Å². The van der Waals surface area contributed by atoms with Gasteiger partial charge in [-0.1, -0.05) is 118 Å². The van der Waals surface area contributed by atoms with Gasteiger partial charge in [0.1, 0.15) is 26.0 Å². The lowest BCUT2D eigenvalue weighted by atomic mass is 9.78. The van der Waals surface area contributed by atoms with Gasteiger partial charge in [0.25, 0.3) is 5.91 Å². The van der Waals surface area contributed by atoms with Crippen molar-refractivity contribution in [2.45, 2.75) is 113 Å². The Morgan fingerprint density at radius 3 is 2.07 bits per heavy atom. The molecule has 9 nitrogen and oxygen atoms in total. The molecule has 2 unspecified atom stereocenters. The first-order chi connectivity index (χ1) is 27.0. The van der Waals surface area contributed by atoms with Gasteiger partial charge in [-0.25, -0.2) is 18.4 Å². The lowest BCUT2D eigenvalue weighted by molar-refractivity contribution is -0.122. The highest BCUT2D eigenvalue weighted by atomic mass is 32.2. The number of benzene rings is 4. The minimum Gasteiger partial charge on any atom is -0.468 e. The van der Waals surface area contributed by atoms with Crippen LogP contribution in [0.25, 0.3) is 0 Å². The number of nitrogens with zero attached hydrogens (tertiary/aromatic N) is 2. The lowest BCUT2D eigenvalue weighted by Crippen LogP contribution is -2.47. The van der Waals surface area contributed by atoms with E-state index in [4.69, 9.17) is 9.16 Å². The van der Waals surface area contributed by atoms with E-state index >= 15 is 4.21 Å². The number of aromatic nitrogens is 2. The third kappa shape index (κ3) is 6.86. The van der Waals surface area contributed by atoms with Gasteiger partial charge < -0.3 is 14.5 Å². The molecule has 1 amide bonds. The van der Waals surface area contributed by atoms with Crippen molar-refractivity contribution < 1.29 is 18.2 Å². The number of fused-ring (bicyclic) bond motifs is 3. The Hall–Kier alpha value is -4.55. The molecule has 0 saturated carbocycles. The van der Waals surface area contributed by atoms with Crippen LogP contribution in [0.3, 0.4) is 0 Å². The van der Waals surface area contributed by atoms with Gasteiger partial charge in [-0.2, -0.15) is 5.10 Å². The quantitative estimate of drug-likeness (QED) is 0.0909. The minimum atomic E-state index is -3.86. The van der Waals surface area contributed by atoms with Crippen molar-refractivity contribution in [2.75, 3.05) is 11.9 Å². The average molecular weight is 802 g/mol. The molecule has 1 aliphatic heterocycles. The summed E-state index contributed by atoms with van der Waals surface area (Å²) in [6.07, 6.45) is 6.34. The van der Waals surface area contributed by atoms with E-state index in [-0.39, 0.29) is 27.6 Å². The fourth-order valence-corrected chi connectivity index (χ4v) is 11.4. The zero-order valence-electron chi connectivity index (χ0n) is 34.1. The summed E-state index contributed by atoms with van der Waals surface area (Å²) in [7, 11) is -5.85. The zero-order valence-corrected chi connectivity index (χ0v) is 36.0. The number of nitrogens with one attached hydrogen (secondary N) is 3. The second-order valence-electron chi connectivity index (χ2n) is 18.0. The van der Waals surface area contributed by atoms with Crippen molar-refractivity contribution in [2.24, 2.45) is 0 Å². The predicted molar refractivity (Wildman–Crippen MR) is 229 cm³/mol. The fourth-order valence-electron chi connectivity index (χ4n) is 8.85. The molecule has 4 aromatic carbocycles. The number of rotatable bonds is 11. The van der Waals surface area contributed by atoms with Crippen LogP contribution in [0.2, 0.25) is 18.1 Å². The zero-order chi connectivity index (χ0) is 40.4. The maximum atomic E-state index is 15.1. The second-order valence-corrected chi connectivity index (χ2v) is 24.6. The molecule has 0 fully saturated rings. The van der Waals surface area contributed by atoms with Gasteiger partial charge in [0.15, 0.2) is 14.4 Å². The van der Waals surface area contributed by atoms with E-state index in [2.05, 4.69) is 55.1 Å². The Balaban J connectivity index is 1.15. The van der Waals surface area contributed by atoms with Crippen molar-refractivity contribution in [1.29, 1.82) is 4.78 Å². The molecule has 57 heavy (non-hydrogen) atoms. The van der Waals surface area contributed by atoms with Gasteiger partial charge in [-0.05, 0) is 103 Å². The fraction of sp³-hybridized carbons (Fsp3) is 0.391. The normalized spacial score (nSPS) is 19.6. The number of amides is 1. The third-order valence-corrected chi connectivity index (χ3v) is 18.8. The van der Waals surface area contributed by atoms with E-state index in [1.165, 1.54) is 33.1 Å². The molecule has 3 atom stereocenters. The molecule has 3 aliphatic rings. The first-order valence-corrected chi connectivity index (χ1v) is 24.6. The average Bonchev–Trinajstić information content (AvgIpc) is 3.96. The van der Waals surface area contributed by atoms with Crippen LogP contribution < -0.4 is 14.8 Å². The summed E-state index contributed by atoms with van der Waals surface area (Å²) in [5, 5.41) is 8.20. The number of anilines is 1. The Labute approximate surface area is 338 Å². The van der Waals surface area contributed by atoms with Gasteiger partial charge in [-0.15, -0.1) is 0 Å². The lowest BCUT2D eigenvalue weighted by Gasteiger charge is -2.37. The largest absolute Gasteiger partial charge is 0.468 e. The van der Waals surface area contributed by atoms with E-state index in [0.29, 0.717) is 6.61 Å². The Morgan fingerprint density at radius 1 is 0.930 bits per heavy atom. The summed E-state index contributed by atoms with van der Waals surface area (Å²) in [6, 6.07) is 30.8. The molecule has 1 aromatic heterocycles. The molecular formula is C46H55N5O4SSi. The first kappa shape index (κ1) is 39.3. The van der Waals surface area contributed by atoms with E-state index in [9.17, 15) is 9.57 Å². The van der Waals surface area contributed by atoms with E-state index < -0.39 is 35.4 Å². The van der Waals surface area contributed by atoms with Crippen molar-refractivity contribution in [3.8, 4) is 5.88 Å². The van der Waals surface area contributed by atoms with Gasteiger partial charge in [0.05, 0.1) is 6.20 Å². The van der Waals surface area contributed by atoms with Crippen molar-refractivity contribution in [3.05, 3.63) is 142 Å². The highest BCUT2D eigenvalue weighted by molar-refractivity contribution is 7.90. The van der Waals surface area contributed by atoms with Gasteiger partial charge >= 0.3 is 0 Å². The maximum Gasteiger partial charge on any atom is 0.253 e. The molecule has 0 spiro atoms. The summed E-state index contributed by atoms with van der Waals surface area (Å²) in [6.45, 7) is 15.7. The topological polar surface area (TPSA) is 118 Å². The van der Waals surface area contributed by atoms with Crippen molar-refractivity contribution in [1.82, 2.24) is 14.5 Å². The number of hydrogen-bond acceptors (Lipinski definition) is 6. The predicted octanol–water partition coefficient (Wildman–Crippen LogP) is 9.68. The Bertz CT molecular complexity index is 2310. The highest BCUT2D eigenvalue weighted by Gasteiger charge is 2.50. The molecular weight excluding hydrogens is 747 g/mol. The number of aryl methyl sites for hydroxylation is 2.